The number of rotatable bonds is 2. The van der Waals surface area contributed by atoms with Crippen LogP contribution in [-0.4, -0.2) is 12.2 Å². The van der Waals surface area contributed by atoms with Crippen LogP contribution in [0.15, 0.2) is 23.3 Å². The molecule has 4 nitrogen and oxygen atoms in total. The molecule has 0 atom stereocenters. The lowest BCUT2D eigenvalue weighted by Crippen LogP contribution is -2.24. The zero-order valence-corrected chi connectivity index (χ0v) is 9.91. The average molecular weight is 324 g/mol. The summed E-state index contributed by atoms with van der Waals surface area (Å²) in [5.41, 5.74) is 7.71. The number of hydrazone groups is 1. The van der Waals surface area contributed by atoms with Crippen molar-refractivity contribution in [1.82, 2.24) is 5.43 Å². The van der Waals surface area contributed by atoms with Crippen molar-refractivity contribution >= 4 is 46.4 Å². The van der Waals surface area contributed by atoms with Crippen LogP contribution in [0.3, 0.4) is 0 Å². The molecule has 1 aromatic rings. The summed E-state index contributed by atoms with van der Waals surface area (Å²) in [7, 11) is 0. The first-order valence-corrected chi connectivity index (χ1v) is 5.09. The summed E-state index contributed by atoms with van der Waals surface area (Å²) in [5.74, 6) is 0. The maximum atomic E-state index is 10.3. The lowest BCUT2D eigenvalue weighted by Gasteiger charge is -1.97. The third-order valence-corrected chi connectivity index (χ3v) is 2.90. The third kappa shape index (κ3) is 3.51. The maximum absolute atomic E-state index is 10.3. The molecule has 0 spiro atoms. The number of carbonyl (C=O) groups is 1. The molecule has 0 saturated heterocycles. The Morgan fingerprint density at radius 1 is 1.64 bits per heavy atom. The van der Waals surface area contributed by atoms with Crippen LogP contribution in [0.25, 0.3) is 0 Å². The molecule has 0 saturated carbocycles. The summed E-state index contributed by atoms with van der Waals surface area (Å²) < 4.78 is 0.962. The Kier molecular flexibility index (Phi) is 4.15. The lowest BCUT2D eigenvalue weighted by molar-refractivity contribution is 0.249. The van der Waals surface area contributed by atoms with E-state index in [4.69, 9.17) is 17.3 Å². The number of hydrogen-bond donors (Lipinski definition) is 2. The summed E-state index contributed by atoms with van der Waals surface area (Å²) in [6.07, 6.45) is 1.46. The minimum absolute atomic E-state index is 0.647. The molecule has 0 radical (unpaired) electrons. The van der Waals surface area contributed by atoms with E-state index in [2.05, 4.69) is 33.1 Å². The van der Waals surface area contributed by atoms with Crippen LogP contribution < -0.4 is 11.2 Å². The van der Waals surface area contributed by atoms with Gasteiger partial charge in [0, 0.05) is 3.57 Å². The Balaban J connectivity index is 2.73. The second-order valence-corrected chi connectivity index (χ2v) is 3.98. The van der Waals surface area contributed by atoms with Crippen molar-refractivity contribution in [1.29, 1.82) is 0 Å². The van der Waals surface area contributed by atoms with Gasteiger partial charge in [-0.05, 0) is 40.3 Å². The smallest absolute Gasteiger partial charge is 0.332 e. The second kappa shape index (κ2) is 5.16. The first-order valence-electron chi connectivity index (χ1n) is 3.63. The SMILES string of the molecule is NC(=O)NN=Cc1ccc(I)c(Cl)c1. The van der Waals surface area contributed by atoms with Gasteiger partial charge in [0.25, 0.3) is 0 Å². The molecular weight excluding hydrogens is 316 g/mol. The van der Waals surface area contributed by atoms with E-state index in [1.807, 2.05) is 12.1 Å². The zero-order valence-electron chi connectivity index (χ0n) is 7.00. The van der Waals surface area contributed by atoms with Gasteiger partial charge in [0.2, 0.25) is 0 Å². The van der Waals surface area contributed by atoms with E-state index >= 15 is 0 Å². The molecule has 74 valence electrons. The fraction of sp³-hybridized carbons (Fsp3) is 0. The van der Waals surface area contributed by atoms with Gasteiger partial charge in [-0.2, -0.15) is 5.10 Å². The predicted octanol–water partition coefficient (Wildman–Crippen LogP) is 1.95. The molecule has 0 aromatic heterocycles. The van der Waals surface area contributed by atoms with E-state index in [9.17, 15) is 4.79 Å². The summed E-state index contributed by atoms with van der Waals surface area (Å²) in [6, 6.07) is 4.74. The van der Waals surface area contributed by atoms with Gasteiger partial charge in [0.1, 0.15) is 0 Å². The molecule has 0 aliphatic heterocycles. The Morgan fingerprint density at radius 2 is 2.36 bits per heavy atom. The van der Waals surface area contributed by atoms with Gasteiger partial charge in [-0.1, -0.05) is 17.7 Å². The third-order valence-electron chi connectivity index (χ3n) is 1.33. The summed E-state index contributed by atoms with van der Waals surface area (Å²) in [6.45, 7) is 0. The molecule has 14 heavy (non-hydrogen) atoms. The Labute approximate surface area is 99.6 Å². The molecular formula is C8H7ClIN3O. The van der Waals surface area contributed by atoms with Gasteiger partial charge in [0.05, 0.1) is 11.2 Å². The van der Waals surface area contributed by atoms with E-state index in [1.54, 1.807) is 6.07 Å². The topological polar surface area (TPSA) is 67.5 Å². The molecule has 0 unspecified atom stereocenters. The second-order valence-electron chi connectivity index (χ2n) is 2.41. The number of nitrogens with one attached hydrogen (secondary N) is 1. The van der Waals surface area contributed by atoms with Crippen molar-refractivity contribution in [3.8, 4) is 0 Å². The van der Waals surface area contributed by atoms with Gasteiger partial charge >= 0.3 is 6.03 Å². The normalized spacial score (nSPS) is 10.4. The minimum atomic E-state index is -0.696. The highest BCUT2D eigenvalue weighted by Crippen LogP contribution is 2.18. The molecule has 0 aliphatic rings. The molecule has 6 heteroatoms. The number of urea groups is 1. The van der Waals surface area contributed by atoms with Crippen LogP contribution in [-0.2, 0) is 0 Å². The highest BCUT2D eigenvalue weighted by Gasteiger charge is 1.96. The molecule has 0 fully saturated rings. The predicted molar refractivity (Wildman–Crippen MR) is 64.5 cm³/mol. The monoisotopic (exact) mass is 323 g/mol. The van der Waals surface area contributed by atoms with Crippen LogP contribution in [0.1, 0.15) is 5.56 Å². The molecule has 0 heterocycles. The maximum Gasteiger partial charge on any atom is 0.332 e. The summed E-state index contributed by atoms with van der Waals surface area (Å²) >= 11 is 8.00. The number of benzene rings is 1. The first-order chi connectivity index (χ1) is 6.59. The van der Waals surface area contributed by atoms with E-state index in [0.29, 0.717) is 5.02 Å². The van der Waals surface area contributed by atoms with E-state index in [0.717, 1.165) is 9.13 Å². The Bertz CT molecular complexity index is 381. The minimum Gasteiger partial charge on any atom is -0.350 e. The molecule has 1 rings (SSSR count). The van der Waals surface area contributed by atoms with Crippen LogP contribution in [0, 0.1) is 3.57 Å². The number of primary amides is 1. The van der Waals surface area contributed by atoms with Crippen molar-refractivity contribution in [3.63, 3.8) is 0 Å². The number of amides is 2. The highest BCUT2D eigenvalue weighted by molar-refractivity contribution is 14.1. The van der Waals surface area contributed by atoms with Crippen molar-refractivity contribution in [2.45, 2.75) is 0 Å². The largest absolute Gasteiger partial charge is 0.350 e. The molecule has 0 bridgehead atoms. The van der Waals surface area contributed by atoms with Gasteiger partial charge in [-0.15, -0.1) is 0 Å². The molecule has 3 N–H and O–H groups in total. The van der Waals surface area contributed by atoms with Crippen LogP contribution in [0.4, 0.5) is 4.79 Å². The van der Waals surface area contributed by atoms with Gasteiger partial charge in [-0.25, -0.2) is 10.2 Å². The standard InChI is InChI=1S/C8H7ClIN3O/c9-6-3-5(1-2-7(6)10)4-12-13-8(11)14/h1-4H,(H3,11,13,14). The average Bonchev–Trinajstić information content (AvgIpc) is 2.10. The van der Waals surface area contributed by atoms with E-state index in [-0.39, 0.29) is 0 Å². The first kappa shape index (κ1) is 11.3. The fourth-order valence-corrected chi connectivity index (χ4v) is 1.29. The quantitative estimate of drug-likeness (QED) is 0.487. The molecule has 2 amide bonds. The molecule has 0 aliphatic carbocycles. The number of hydrogen-bond acceptors (Lipinski definition) is 2. The fourth-order valence-electron chi connectivity index (χ4n) is 0.763. The van der Waals surface area contributed by atoms with Crippen molar-refractivity contribution in [3.05, 3.63) is 32.4 Å². The van der Waals surface area contributed by atoms with Crippen molar-refractivity contribution in [2.75, 3.05) is 0 Å². The highest BCUT2D eigenvalue weighted by atomic mass is 127. The summed E-state index contributed by atoms with van der Waals surface area (Å²) in [5, 5.41) is 4.25. The summed E-state index contributed by atoms with van der Waals surface area (Å²) in [4.78, 5) is 10.3. The van der Waals surface area contributed by atoms with Gasteiger partial charge in [-0.3, -0.25) is 0 Å². The van der Waals surface area contributed by atoms with Gasteiger partial charge < -0.3 is 5.73 Å². The van der Waals surface area contributed by atoms with Gasteiger partial charge in [0.15, 0.2) is 0 Å². The molecule has 1 aromatic carbocycles. The Morgan fingerprint density at radius 3 is 2.93 bits per heavy atom. The van der Waals surface area contributed by atoms with Crippen molar-refractivity contribution < 1.29 is 4.79 Å². The van der Waals surface area contributed by atoms with E-state index in [1.165, 1.54) is 6.21 Å². The van der Waals surface area contributed by atoms with Crippen molar-refractivity contribution in [2.24, 2.45) is 10.8 Å². The van der Waals surface area contributed by atoms with Crippen LogP contribution >= 0.6 is 34.2 Å². The van der Waals surface area contributed by atoms with Crippen LogP contribution in [0.2, 0.25) is 5.02 Å². The number of halogens is 2. The number of carbonyl (C=O) groups excluding carboxylic acids is 1. The number of nitrogens with zero attached hydrogens (tertiary/aromatic N) is 1. The number of nitrogens with two attached hydrogens (primary N) is 1. The Hall–Kier alpha value is -0.820. The zero-order chi connectivity index (χ0) is 10.6. The lowest BCUT2D eigenvalue weighted by atomic mass is 10.2. The van der Waals surface area contributed by atoms with Crippen LogP contribution in [0.5, 0.6) is 0 Å². The van der Waals surface area contributed by atoms with E-state index < -0.39 is 6.03 Å².